The summed E-state index contributed by atoms with van der Waals surface area (Å²) < 4.78 is 83.8. The quantitative estimate of drug-likeness (QED) is 0.0574. The number of nitrogens with two attached hydrogens (primary N) is 1. The second-order valence-electron chi connectivity index (χ2n) is 21.7. The summed E-state index contributed by atoms with van der Waals surface area (Å²) in [6.07, 6.45) is 15.7. The Kier molecular flexibility index (Phi) is 42.8. The van der Waals surface area contributed by atoms with Crippen LogP contribution in [0.2, 0.25) is 0 Å². The molecule has 0 spiro atoms. The van der Waals surface area contributed by atoms with Gasteiger partial charge in [0.1, 0.15) is 0 Å². The summed E-state index contributed by atoms with van der Waals surface area (Å²) >= 11 is 0. The summed E-state index contributed by atoms with van der Waals surface area (Å²) in [5.74, 6) is 0.895. The summed E-state index contributed by atoms with van der Waals surface area (Å²) in [5, 5.41) is 0. The van der Waals surface area contributed by atoms with Gasteiger partial charge in [-0.3, -0.25) is 0 Å². The van der Waals surface area contributed by atoms with E-state index in [1.165, 1.54) is 77.0 Å². The molecular formula is C57H115NO14. The van der Waals surface area contributed by atoms with Crippen LogP contribution < -0.4 is 5.73 Å². The molecule has 1 aliphatic carbocycles. The van der Waals surface area contributed by atoms with Crippen LogP contribution in [0.15, 0.2) is 0 Å². The lowest BCUT2D eigenvalue weighted by atomic mass is 9.84. The van der Waals surface area contributed by atoms with Crippen molar-refractivity contribution in [1.82, 2.24) is 0 Å². The summed E-state index contributed by atoms with van der Waals surface area (Å²) in [4.78, 5) is 0. The van der Waals surface area contributed by atoms with Crippen molar-refractivity contribution in [3.05, 3.63) is 0 Å². The fraction of sp³-hybridized carbons (Fsp3) is 1.00. The number of unbranched alkanes of at least 4 members (excludes halogenated alkanes) is 6. The molecule has 1 saturated carbocycles. The van der Waals surface area contributed by atoms with E-state index in [1.807, 2.05) is 90.0 Å². The zero-order valence-corrected chi connectivity index (χ0v) is 48.9. The Morgan fingerprint density at radius 2 is 0.514 bits per heavy atom. The molecule has 1 aliphatic rings. The zero-order valence-electron chi connectivity index (χ0n) is 48.9. The Bertz CT molecular complexity index is 1190. The molecule has 14 atom stereocenters. The Labute approximate surface area is 441 Å². The topological polar surface area (TPSA) is 155 Å². The van der Waals surface area contributed by atoms with Crippen molar-refractivity contribution in [2.24, 2.45) is 11.7 Å². The van der Waals surface area contributed by atoms with E-state index in [9.17, 15) is 0 Å². The van der Waals surface area contributed by atoms with E-state index >= 15 is 0 Å². The molecule has 15 heteroatoms. The molecule has 0 aliphatic heterocycles. The van der Waals surface area contributed by atoms with E-state index in [0.717, 1.165) is 5.92 Å². The van der Waals surface area contributed by atoms with Gasteiger partial charge in [0.15, 0.2) is 0 Å². The minimum atomic E-state index is -0.0931. The van der Waals surface area contributed by atoms with Gasteiger partial charge in [0.2, 0.25) is 0 Å². The molecule has 0 aromatic carbocycles. The third kappa shape index (κ3) is 41.5. The smallest absolute Gasteiger partial charge is 0.0781 e. The molecule has 0 radical (unpaired) electrons. The maximum absolute atomic E-state index is 6.26. The van der Waals surface area contributed by atoms with Crippen molar-refractivity contribution < 1.29 is 66.3 Å². The largest absolute Gasteiger partial charge is 0.376 e. The van der Waals surface area contributed by atoms with Crippen LogP contribution in [0.1, 0.15) is 181 Å². The lowest BCUT2D eigenvalue weighted by molar-refractivity contribution is -0.115. The van der Waals surface area contributed by atoms with Gasteiger partial charge in [-0.05, 0) is 129 Å². The highest BCUT2D eigenvalue weighted by atomic mass is 16.6. The molecule has 0 saturated heterocycles. The highest BCUT2D eigenvalue weighted by Gasteiger charge is 2.23. The van der Waals surface area contributed by atoms with Crippen LogP contribution >= 0.6 is 0 Å². The Morgan fingerprint density at radius 1 is 0.292 bits per heavy atom. The van der Waals surface area contributed by atoms with Crippen molar-refractivity contribution in [3.8, 4) is 0 Å². The highest BCUT2D eigenvalue weighted by Crippen LogP contribution is 2.30. The van der Waals surface area contributed by atoms with E-state index in [-0.39, 0.29) is 85.4 Å². The molecule has 1 fully saturated rings. The van der Waals surface area contributed by atoms with E-state index < -0.39 is 0 Å². The van der Waals surface area contributed by atoms with Crippen molar-refractivity contribution in [1.29, 1.82) is 0 Å². The van der Waals surface area contributed by atoms with Crippen LogP contribution in [0, 0.1) is 5.92 Å². The monoisotopic (exact) mass is 1040 g/mol. The third-order valence-electron chi connectivity index (χ3n) is 12.6. The van der Waals surface area contributed by atoms with Crippen LogP contribution in [0.3, 0.4) is 0 Å². The predicted octanol–water partition coefficient (Wildman–Crippen LogP) is 10.3. The van der Waals surface area contributed by atoms with Gasteiger partial charge in [0.05, 0.1) is 178 Å². The van der Waals surface area contributed by atoms with Crippen molar-refractivity contribution in [2.45, 2.75) is 272 Å². The molecule has 72 heavy (non-hydrogen) atoms. The minimum absolute atomic E-state index is 0.00902. The van der Waals surface area contributed by atoms with Gasteiger partial charge in [0, 0.05) is 6.04 Å². The van der Waals surface area contributed by atoms with E-state index in [0.29, 0.717) is 98.6 Å². The van der Waals surface area contributed by atoms with Crippen LogP contribution in [0.5, 0.6) is 0 Å². The van der Waals surface area contributed by atoms with Gasteiger partial charge in [-0.1, -0.05) is 58.3 Å². The van der Waals surface area contributed by atoms with Crippen molar-refractivity contribution in [2.75, 3.05) is 92.5 Å². The maximum Gasteiger partial charge on any atom is 0.0781 e. The average Bonchev–Trinajstić information content (AvgIpc) is 3.36. The normalized spacial score (nSPS) is 21.5. The minimum Gasteiger partial charge on any atom is -0.376 e. The second kappa shape index (κ2) is 44.4. The van der Waals surface area contributed by atoms with E-state index in [4.69, 9.17) is 72.0 Å². The Hall–Kier alpha value is -0.600. The molecule has 0 aromatic heterocycles. The van der Waals surface area contributed by atoms with Gasteiger partial charge in [-0.2, -0.15) is 0 Å². The third-order valence-corrected chi connectivity index (χ3v) is 12.6. The van der Waals surface area contributed by atoms with Crippen LogP contribution in [-0.4, -0.2) is 184 Å². The number of hydrogen-bond acceptors (Lipinski definition) is 15. The molecule has 0 amide bonds. The first-order valence-electron chi connectivity index (χ1n) is 28.7. The van der Waals surface area contributed by atoms with Crippen molar-refractivity contribution in [3.63, 3.8) is 0 Å². The molecule has 432 valence electrons. The average molecular weight is 1040 g/mol. The molecule has 14 unspecified atom stereocenters. The first-order valence-corrected chi connectivity index (χ1v) is 28.7. The fourth-order valence-corrected chi connectivity index (χ4v) is 7.79. The number of rotatable bonds is 50. The van der Waals surface area contributed by atoms with Crippen LogP contribution in [0.25, 0.3) is 0 Å². The fourth-order valence-electron chi connectivity index (χ4n) is 7.79. The SMILES string of the molecule is CCCCCCCCCC1CCC(OCC(C)OCC(C)OCC(C)OCC(C)OCC(C)OCC(C)OCC(C)OCC(C)OCC(C)OCC(C)OCC(C)OCC(C)OCC(C)OCC(C)N)CC1. The standard InChI is InChI=1S/C57H115NO14/c1-16-17-18-19-20-21-22-23-56-24-26-57(27-25-56)72-41-55(15)71-40-54(14)70-39-53(13)69-38-52(12)68-37-51(11)67-36-50(10)66-35-49(9)65-34-48(8)64-33-47(7)63-32-46(6)62-31-45(5)61-30-44(4)60-29-43(3)59-28-42(2)58/h42-57H,16-41,58H2,1-15H3. The summed E-state index contributed by atoms with van der Waals surface area (Å²) in [6.45, 7) is 37.2. The van der Waals surface area contributed by atoms with Gasteiger partial charge >= 0.3 is 0 Å². The van der Waals surface area contributed by atoms with E-state index in [2.05, 4.69) is 13.8 Å². The molecule has 1 rings (SSSR count). The molecular weight excluding hydrogens is 923 g/mol. The zero-order chi connectivity index (χ0) is 53.5. The molecule has 15 nitrogen and oxygen atoms in total. The number of ether oxygens (including phenoxy) is 14. The first kappa shape index (κ1) is 69.4. The summed E-state index contributed by atoms with van der Waals surface area (Å²) in [5.41, 5.74) is 5.75. The second-order valence-corrected chi connectivity index (χ2v) is 21.7. The first-order chi connectivity index (χ1) is 34.3. The Balaban J connectivity index is 2.05. The molecule has 2 N–H and O–H groups in total. The van der Waals surface area contributed by atoms with Gasteiger partial charge in [-0.15, -0.1) is 0 Å². The maximum atomic E-state index is 6.26. The summed E-state index contributed by atoms with van der Waals surface area (Å²) in [6, 6.07) is 0.00902. The lowest BCUT2D eigenvalue weighted by Gasteiger charge is -2.29. The van der Waals surface area contributed by atoms with Gasteiger partial charge in [0.25, 0.3) is 0 Å². The van der Waals surface area contributed by atoms with Crippen LogP contribution in [0.4, 0.5) is 0 Å². The van der Waals surface area contributed by atoms with Gasteiger partial charge in [-0.25, -0.2) is 0 Å². The lowest BCUT2D eigenvalue weighted by Crippen LogP contribution is -2.31. The highest BCUT2D eigenvalue weighted by molar-refractivity contribution is 4.74. The van der Waals surface area contributed by atoms with Gasteiger partial charge < -0.3 is 72.0 Å². The van der Waals surface area contributed by atoms with Crippen LogP contribution in [-0.2, 0) is 66.3 Å². The molecule has 0 heterocycles. The molecule has 0 aromatic rings. The summed E-state index contributed by atoms with van der Waals surface area (Å²) in [7, 11) is 0. The number of hydrogen-bond donors (Lipinski definition) is 1. The Morgan fingerprint density at radius 3 is 0.764 bits per heavy atom. The molecule has 0 bridgehead atoms. The predicted molar refractivity (Wildman–Crippen MR) is 288 cm³/mol. The van der Waals surface area contributed by atoms with Crippen molar-refractivity contribution >= 4 is 0 Å². The van der Waals surface area contributed by atoms with E-state index in [1.54, 1.807) is 0 Å².